The van der Waals surface area contributed by atoms with Crippen LogP contribution in [0.15, 0.2) is 48.5 Å². The lowest BCUT2D eigenvalue weighted by molar-refractivity contribution is 0.302. The van der Waals surface area contributed by atoms with E-state index in [2.05, 4.69) is 62.4 Å². The molecule has 0 atom stereocenters. The Hall–Kier alpha value is -1.76. The van der Waals surface area contributed by atoms with Crippen molar-refractivity contribution in [2.45, 2.75) is 110 Å². The van der Waals surface area contributed by atoms with Crippen molar-refractivity contribution in [2.75, 3.05) is 6.61 Å². The van der Waals surface area contributed by atoms with Crippen LogP contribution in [-0.4, -0.2) is 6.61 Å². The summed E-state index contributed by atoms with van der Waals surface area (Å²) in [5, 5.41) is 0. The first-order valence-electron chi connectivity index (χ1n) is 13.6. The summed E-state index contributed by atoms with van der Waals surface area (Å²) < 4.78 is 5.85. The van der Waals surface area contributed by atoms with Crippen molar-refractivity contribution >= 4 is 0 Å². The molecule has 1 aliphatic rings. The lowest BCUT2D eigenvalue weighted by Crippen LogP contribution is -2.13. The van der Waals surface area contributed by atoms with Gasteiger partial charge in [0, 0.05) is 0 Å². The van der Waals surface area contributed by atoms with Crippen molar-refractivity contribution in [3.63, 3.8) is 0 Å². The van der Waals surface area contributed by atoms with Gasteiger partial charge in [0.15, 0.2) is 0 Å². The predicted octanol–water partition coefficient (Wildman–Crippen LogP) is 9.95. The highest BCUT2D eigenvalue weighted by Gasteiger charge is 2.22. The van der Waals surface area contributed by atoms with Crippen LogP contribution in [0, 0.1) is 5.92 Å². The Bertz CT molecular complexity index is 722. The highest BCUT2D eigenvalue weighted by atomic mass is 16.5. The highest BCUT2D eigenvalue weighted by Crippen LogP contribution is 2.38. The van der Waals surface area contributed by atoms with E-state index in [1.165, 1.54) is 94.6 Å². The van der Waals surface area contributed by atoms with Crippen LogP contribution in [0.1, 0.15) is 115 Å². The van der Waals surface area contributed by atoms with Crippen LogP contribution in [0.25, 0.3) is 11.1 Å². The molecule has 32 heavy (non-hydrogen) atoms. The molecule has 1 saturated carbocycles. The molecule has 3 rings (SSSR count). The number of rotatable bonds is 14. The smallest absolute Gasteiger partial charge is 0.119 e. The molecule has 0 radical (unpaired) electrons. The number of unbranched alkanes of at least 4 members (excludes halogenated alkanes) is 7. The molecule has 1 nitrogen and oxygen atoms in total. The summed E-state index contributed by atoms with van der Waals surface area (Å²) in [4.78, 5) is 0. The molecule has 0 aromatic heterocycles. The van der Waals surface area contributed by atoms with Gasteiger partial charge in [0.2, 0.25) is 0 Å². The number of ether oxygens (including phenoxy) is 1. The molecular weight excluding hydrogens is 388 g/mol. The van der Waals surface area contributed by atoms with E-state index in [4.69, 9.17) is 4.74 Å². The zero-order valence-corrected chi connectivity index (χ0v) is 20.8. The zero-order chi connectivity index (χ0) is 22.4. The van der Waals surface area contributed by atoms with E-state index < -0.39 is 0 Å². The lowest BCUT2D eigenvalue weighted by Gasteiger charge is -2.29. The molecule has 1 aliphatic carbocycles. The predicted molar refractivity (Wildman–Crippen MR) is 140 cm³/mol. The molecule has 0 saturated heterocycles. The molecule has 0 bridgehead atoms. The van der Waals surface area contributed by atoms with Crippen molar-refractivity contribution in [1.29, 1.82) is 0 Å². The van der Waals surface area contributed by atoms with Gasteiger partial charge in [0.05, 0.1) is 6.61 Å². The van der Waals surface area contributed by atoms with E-state index in [0.29, 0.717) is 0 Å². The Morgan fingerprint density at radius 3 is 1.84 bits per heavy atom. The van der Waals surface area contributed by atoms with Gasteiger partial charge in [-0.15, -0.1) is 0 Å². The van der Waals surface area contributed by atoms with Crippen LogP contribution in [0.5, 0.6) is 5.75 Å². The van der Waals surface area contributed by atoms with Crippen LogP contribution >= 0.6 is 0 Å². The minimum Gasteiger partial charge on any atom is -0.494 e. The van der Waals surface area contributed by atoms with Gasteiger partial charge >= 0.3 is 0 Å². The molecule has 2 aromatic carbocycles. The second-order valence-corrected chi connectivity index (χ2v) is 9.98. The van der Waals surface area contributed by atoms with Crippen LogP contribution in [0.3, 0.4) is 0 Å². The van der Waals surface area contributed by atoms with Crippen LogP contribution in [-0.2, 0) is 0 Å². The first-order valence-corrected chi connectivity index (χ1v) is 13.6. The van der Waals surface area contributed by atoms with E-state index in [1.54, 1.807) is 5.56 Å². The highest BCUT2D eigenvalue weighted by molar-refractivity contribution is 5.64. The first-order chi connectivity index (χ1) is 15.8. The fraction of sp³-hybridized carbons (Fsp3) is 0.613. The van der Waals surface area contributed by atoms with Gasteiger partial charge in [-0.05, 0) is 72.8 Å². The molecule has 0 spiro atoms. The molecule has 0 aliphatic heterocycles. The molecule has 0 N–H and O–H groups in total. The van der Waals surface area contributed by atoms with E-state index in [0.717, 1.165) is 30.6 Å². The Labute approximate surface area is 198 Å². The summed E-state index contributed by atoms with van der Waals surface area (Å²) >= 11 is 0. The van der Waals surface area contributed by atoms with E-state index in [1.807, 2.05) is 0 Å². The summed E-state index contributed by atoms with van der Waals surface area (Å²) in [6.45, 7) is 5.35. The van der Waals surface area contributed by atoms with Crippen molar-refractivity contribution in [1.82, 2.24) is 0 Å². The second-order valence-electron chi connectivity index (χ2n) is 9.98. The molecule has 2 aromatic rings. The fourth-order valence-electron chi connectivity index (χ4n) is 5.23. The van der Waals surface area contributed by atoms with Crippen molar-refractivity contribution in [3.8, 4) is 16.9 Å². The summed E-state index contributed by atoms with van der Waals surface area (Å²) in [6.07, 6.45) is 19.3. The maximum absolute atomic E-state index is 5.85. The van der Waals surface area contributed by atoms with Crippen molar-refractivity contribution < 1.29 is 4.74 Å². The van der Waals surface area contributed by atoms with Crippen LogP contribution in [0.4, 0.5) is 0 Å². The Morgan fingerprint density at radius 1 is 0.625 bits per heavy atom. The van der Waals surface area contributed by atoms with Gasteiger partial charge in [0.1, 0.15) is 5.75 Å². The van der Waals surface area contributed by atoms with Crippen LogP contribution < -0.4 is 4.74 Å². The molecule has 0 heterocycles. The topological polar surface area (TPSA) is 9.23 Å². The SMILES string of the molecule is CCCCCCCCC1CCC(c2ccc(-c3ccc(OCCCCC)cc3)cc2)CC1. The zero-order valence-electron chi connectivity index (χ0n) is 20.8. The Morgan fingerprint density at radius 2 is 1.19 bits per heavy atom. The maximum atomic E-state index is 5.85. The summed E-state index contributed by atoms with van der Waals surface area (Å²) in [5.74, 6) is 2.74. The fourth-order valence-corrected chi connectivity index (χ4v) is 5.23. The van der Waals surface area contributed by atoms with Crippen molar-refractivity contribution in [3.05, 3.63) is 54.1 Å². The quantitative estimate of drug-likeness (QED) is 0.269. The van der Waals surface area contributed by atoms with Gasteiger partial charge in [-0.25, -0.2) is 0 Å². The number of hydrogen-bond donors (Lipinski definition) is 0. The van der Waals surface area contributed by atoms with Gasteiger partial charge in [-0.3, -0.25) is 0 Å². The molecule has 1 fully saturated rings. The van der Waals surface area contributed by atoms with Gasteiger partial charge in [0.25, 0.3) is 0 Å². The Kier molecular flexibility index (Phi) is 11.2. The molecule has 1 heteroatoms. The molecule has 176 valence electrons. The molecule has 0 unspecified atom stereocenters. The second kappa shape index (κ2) is 14.4. The van der Waals surface area contributed by atoms with Crippen LogP contribution in [0.2, 0.25) is 0 Å². The number of benzene rings is 2. The largest absolute Gasteiger partial charge is 0.494 e. The summed E-state index contributed by atoms with van der Waals surface area (Å²) in [7, 11) is 0. The maximum Gasteiger partial charge on any atom is 0.119 e. The van der Waals surface area contributed by atoms with E-state index >= 15 is 0 Å². The van der Waals surface area contributed by atoms with Gasteiger partial charge in [-0.1, -0.05) is 108 Å². The monoisotopic (exact) mass is 434 g/mol. The third-order valence-electron chi connectivity index (χ3n) is 7.40. The number of hydrogen-bond acceptors (Lipinski definition) is 1. The summed E-state index contributed by atoms with van der Waals surface area (Å²) in [5.41, 5.74) is 4.13. The van der Waals surface area contributed by atoms with Gasteiger partial charge in [-0.2, -0.15) is 0 Å². The standard InChI is InChI=1S/C31H46O/c1-3-5-7-8-9-10-12-26-13-15-27(16-14-26)28-17-19-29(20-18-28)30-21-23-31(24-22-30)32-25-11-6-4-2/h17-24,26-27H,3-16,25H2,1-2H3. The normalized spacial score (nSPS) is 18.6. The van der Waals surface area contributed by atoms with Crippen molar-refractivity contribution in [2.24, 2.45) is 5.92 Å². The average molecular weight is 435 g/mol. The molecular formula is C31H46O. The Balaban J connectivity index is 1.40. The third-order valence-corrected chi connectivity index (χ3v) is 7.40. The van der Waals surface area contributed by atoms with E-state index in [-0.39, 0.29) is 0 Å². The minimum absolute atomic E-state index is 0.767. The first kappa shape index (κ1) is 24.9. The lowest BCUT2D eigenvalue weighted by atomic mass is 9.77. The minimum atomic E-state index is 0.767. The summed E-state index contributed by atoms with van der Waals surface area (Å²) in [6, 6.07) is 18.0. The third kappa shape index (κ3) is 8.30. The molecule has 0 amide bonds. The van der Waals surface area contributed by atoms with Gasteiger partial charge < -0.3 is 4.74 Å². The average Bonchev–Trinajstić information content (AvgIpc) is 2.85. The van der Waals surface area contributed by atoms with E-state index in [9.17, 15) is 0 Å².